The van der Waals surface area contributed by atoms with Gasteiger partial charge in [-0.05, 0) is 6.07 Å². The smallest absolute Gasteiger partial charge is 0.257 e. The second kappa shape index (κ2) is 4.78. The number of aromatic amines is 1. The summed E-state index contributed by atoms with van der Waals surface area (Å²) in [4.78, 5) is 13.3. The van der Waals surface area contributed by atoms with Gasteiger partial charge in [-0.3, -0.25) is 9.89 Å². The van der Waals surface area contributed by atoms with Crippen LogP contribution in [0.4, 0.5) is 4.39 Å². The van der Waals surface area contributed by atoms with Crippen molar-refractivity contribution in [2.45, 2.75) is 6.54 Å². The number of H-pyrrole nitrogens is 1. The molecule has 5 heteroatoms. The lowest BCUT2D eigenvalue weighted by Crippen LogP contribution is -2.26. The Labute approximate surface area is 98.1 Å². The Hall–Kier alpha value is -2.17. The zero-order valence-corrected chi connectivity index (χ0v) is 9.35. The summed E-state index contributed by atoms with van der Waals surface area (Å²) in [5.74, 6) is -0.499. The summed E-state index contributed by atoms with van der Waals surface area (Å²) in [6.07, 6.45) is 2.96. The second-order valence-electron chi connectivity index (χ2n) is 3.74. The number of hydrogen-bond donors (Lipinski definition) is 1. The van der Waals surface area contributed by atoms with Gasteiger partial charge in [0.15, 0.2) is 0 Å². The van der Waals surface area contributed by atoms with Crippen LogP contribution in [-0.4, -0.2) is 28.1 Å². The first kappa shape index (κ1) is 11.3. The van der Waals surface area contributed by atoms with Crippen molar-refractivity contribution in [3.05, 3.63) is 53.6 Å². The third-order valence-corrected chi connectivity index (χ3v) is 2.46. The van der Waals surface area contributed by atoms with E-state index in [9.17, 15) is 9.18 Å². The lowest BCUT2D eigenvalue weighted by Gasteiger charge is -2.16. The van der Waals surface area contributed by atoms with E-state index in [1.54, 1.807) is 25.2 Å². The third-order valence-electron chi connectivity index (χ3n) is 2.46. The zero-order valence-electron chi connectivity index (χ0n) is 9.35. The molecule has 88 valence electrons. The first-order chi connectivity index (χ1) is 8.18. The topological polar surface area (TPSA) is 49.0 Å². The summed E-state index contributed by atoms with van der Waals surface area (Å²) in [5.41, 5.74) is 0.954. The number of hydrogen-bond acceptors (Lipinski definition) is 2. The summed E-state index contributed by atoms with van der Waals surface area (Å²) in [6, 6.07) is 6.41. The lowest BCUT2D eigenvalue weighted by atomic mass is 10.2. The molecule has 0 unspecified atom stereocenters. The molecular formula is C12H12FN3O. The van der Waals surface area contributed by atoms with Crippen molar-refractivity contribution in [2.75, 3.05) is 7.05 Å². The van der Waals surface area contributed by atoms with Gasteiger partial charge in [-0.15, -0.1) is 0 Å². The van der Waals surface area contributed by atoms with Crippen LogP contribution in [0.1, 0.15) is 15.9 Å². The Bertz CT molecular complexity index is 510. The predicted molar refractivity (Wildman–Crippen MR) is 60.8 cm³/mol. The molecule has 1 heterocycles. The molecule has 4 nitrogen and oxygen atoms in total. The van der Waals surface area contributed by atoms with Gasteiger partial charge in [0.05, 0.1) is 11.8 Å². The molecule has 1 N–H and O–H groups in total. The minimum absolute atomic E-state index is 0.193. The van der Waals surface area contributed by atoms with E-state index in [0.717, 1.165) is 0 Å². The molecule has 1 amide bonds. The average Bonchev–Trinajstić information content (AvgIpc) is 2.84. The number of aromatic nitrogens is 2. The van der Waals surface area contributed by atoms with Crippen LogP contribution in [0, 0.1) is 5.82 Å². The average molecular weight is 233 g/mol. The summed E-state index contributed by atoms with van der Waals surface area (Å²) >= 11 is 0. The Morgan fingerprint density at radius 3 is 2.88 bits per heavy atom. The maximum absolute atomic E-state index is 13.4. The van der Waals surface area contributed by atoms with Crippen LogP contribution < -0.4 is 0 Å². The molecule has 0 aliphatic rings. The van der Waals surface area contributed by atoms with E-state index in [4.69, 9.17) is 0 Å². The van der Waals surface area contributed by atoms with Crippen molar-refractivity contribution in [2.24, 2.45) is 0 Å². The SMILES string of the molecule is CN(Cc1ccccc1F)C(=O)c1cn[nH]c1. The molecule has 0 aliphatic heterocycles. The van der Waals surface area contributed by atoms with Gasteiger partial charge >= 0.3 is 0 Å². The van der Waals surface area contributed by atoms with Crippen LogP contribution in [0.25, 0.3) is 0 Å². The van der Waals surface area contributed by atoms with Gasteiger partial charge in [0, 0.05) is 25.4 Å². The van der Waals surface area contributed by atoms with Crippen molar-refractivity contribution in [1.82, 2.24) is 15.1 Å². The number of halogens is 1. The van der Waals surface area contributed by atoms with E-state index in [0.29, 0.717) is 11.1 Å². The minimum Gasteiger partial charge on any atom is -0.337 e. The van der Waals surface area contributed by atoms with Crippen LogP contribution in [0.15, 0.2) is 36.7 Å². The van der Waals surface area contributed by atoms with E-state index in [2.05, 4.69) is 10.2 Å². The van der Waals surface area contributed by atoms with E-state index in [1.165, 1.54) is 23.4 Å². The number of carbonyl (C=O) groups excluding carboxylic acids is 1. The fraction of sp³-hybridized carbons (Fsp3) is 0.167. The van der Waals surface area contributed by atoms with Crippen LogP contribution in [0.2, 0.25) is 0 Å². The lowest BCUT2D eigenvalue weighted by molar-refractivity contribution is 0.0784. The summed E-state index contributed by atoms with van der Waals surface area (Å²) in [6.45, 7) is 0.233. The van der Waals surface area contributed by atoms with Crippen LogP contribution in [0.3, 0.4) is 0 Å². The molecule has 17 heavy (non-hydrogen) atoms. The van der Waals surface area contributed by atoms with Crippen LogP contribution in [-0.2, 0) is 6.54 Å². The quantitative estimate of drug-likeness (QED) is 0.879. The van der Waals surface area contributed by atoms with Crippen molar-refractivity contribution >= 4 is 5.91 Å². The fourth-order valence-electron chi connectivity index (χ4n) is 1.54. The minimum atomic E-state index is -0.306. The second-order valence-corrected chi connectivity index (χ2v) is 3.74. The van der Waals surface area contributed by atoms with E-state index in [1.807, 2.05) is 0 Å². The molecule has 1 aromatic carbocycles. The van der Waals surface area contributed by atoms with Gasteiger partial charge < -0.3 is 4.90 Å². The number of rotatable bonds is 3. The predicted octanol–water partition coefficient (Wildman–Crippen LogP) is 1.82. The van der Waals surface area contributed by atoms with E-state index >= 15 is 0 Å². The molecule has 0 fully saturated rings. The summed E-state index contributed by atoms with van der Waals surface area (Å²) in [5, 5.41) is 6.27. The molecule has 0 bridgehead atoms. The number of benzene rings is 1. The largest absolute Gasteiger partial charge is 0.337 e. The molecule has 0 spiro atoms. The number of nitrogens with one attached hydrogen (secondary N) is 1. The molecule has 1 aromatic heterocycles. The monoisotopic (exact) mass is 233 g/mol. The highest BCUT2D eigenvalue weighted by Crippen LogP contribution is 2.10. The van der Waals surface area contributed by atoms with Crippen molar-refractivity contribution in [3.8, 4) is 0 Å². The molecule has 2 aromatic rings. The molecule has 0 atom stereocenters. The van der Waals surface area contributed by atoms with Crippen LogP contribution in [0.5, 0.6) is 0 Å². The molecular weight excluding hydrogens is 221 g/mol. The first-order valence-corrected chi connectivity index (χ1v) is 5.16. The Kier molecular flexibility index (Phi) is 3.18. The molecule has 0 saturated carbocycles. The van der Waals surface area contributed by atoms with Gasteiger partial charge in [0.1, 0.15) is 5.82 Å². The summed E-state index contributed by atoms with van der Waals surface area (Å²) < 4.78 is 13.4. The van der Waals surface area contributed by atoms with Gasteiger partial charge in [-0.1, -0.05) is 18.2 Å². The van der Waals surface area contributed by atoms with Crippen molar-refractivity contribution < 1.29 is 9.18 Å². The maximum atomic E-state index is 13.4. The molecule has 0 radical (unpaired) electrons. The first-order valence-electron chi connectivity index (χ1n) is 5.16. The van der Waals surface area contributed by atoms with Gasteiger partial charge in [0.25, 0.3) is 5.91 Å². The van der Waals surface area contributed by atoms with E-state index in [-0.39, 0.29) is 18.3 Å². The normalized spacial score (nSPS) is 10.2. The number of nitrogens with zero attached hydrogens (tertiary/aromatic N) is 2. The standard InChI is InChI=1S/C12H12FN3O/c1-16(12(17)10-6-14-15-7-10)8-9-4-2-3-5-11(9)13/h2-7H,8H2,1H3,(H,14,15). The van der Waals surface area contributed by atoms with Crippen LogP contribution >= 0.6 is 0 Å². The Morgan fingerprint density at radius 2 is 2.24 bits per heavy atom. The Balaban J connectivity index is 2.10. The zero-order chi connectivity index (χ0) is 12.3. The van der Waals surface area contributed by atoms with Gasteiger partial charge in [-0.2, -0.15) is 5.10 Å². The van der Waals surface area contributed by atoms with Gasteiger partial charge in [0.2, 0.25) is 0 Å². The third kappa shape index (κ3) is 2.50. The highest BCUT2D eigenvalue weighted by atomic mass is 19.1. The highest BCUT2D eigenvalue weighted by Gasteiger charge is 2.14. The summed E-state index contributed by atoms with van der Waals surface area (Å²) in [7, 11) is 1.63. The van der Waals surface area contributed by atoms with Crippen molar-refractivity contribution in [1.29, 1.82) is 0 Å². The Morgan fingerprint density at radius 1 is 1.47 bits per heavy atom. The highest BCUT2D eigenvalue weighted by molar-refractivity contribution is 5.93. The molecule has 0 aliphatic carbocycles. The van der Waals surface area contributed by atoms with Crippen molar-refractivity contribution in [3.63, 3.8) is 0 Å². The fourth-order valence-corrected chi connectivity index (χ4v) is 1.54. The van der Waals surface area contributed by atoms with Gasteiger partial charge in [-0.25, -0.2) is 4.39 Å². The number of carbonyl (C=O) groups is 1. The molecule has 2 rings (SSSR count). The number of amides is 1. The molecule has 0 saturated heterocycles. The maximum Gasteiger partial charge on any atom is 0.257 e. The van der Waals surface area contributed by atoms with E-state index < -0.39 is 0 Å².